The van der Waals surface area contributed by atoms with Crippen molar-refractivity contribution in [1.29, 1.82) is 0 Å². The highest BCUT2D eigenvalue weighted by Crippen LogP contribution is 2.40. The normalized spacial score (nSPS) is 14.8. The number of anilines is 1. The van der Waals surface area contributed by atoms with Crippen LogP contribution in [0.4, 0.5) is 5.00 Å². The Morgan fingerprint density at radius 3 is 2.39 bits per heavy atom. The number of hydrogen-bond donors (Lipinski definition) is 1. The van der Waals surface area contributed by atoms with Crippen molar-refractivity contribution in [2.75, 3.05) is 31.6 Å². The molecule has 1 saturated heterocycles. The van der Waals surface area contributed by atoms with Gasteiger partial charge in [0.15, 0.2) is 0 Å². The Morgan fingerprint density at radius 1 is 1.14 bits per heavy atom. The molecule has 0 saturated carbocycles. The van der Waals surface area contributed by atoms with Crippen LogP contribution < -0.4 is 5.32 Å². The minimum absolute atomic E-state index is 0.0368. The van der Waals surface area contributed by atoms with Crippen molar-refractivity contribution >= 4 is 28.2 Å². The van der Waals surface area contributed by atoms with Gasteiger partial charge in [-0.1, -0.05) is 51.1 Å². The highest BCUT2D eigenvalue weighted by molar-refractivity contribution is 7.20. The lowest BCUT2D eigenvalue weighted by Gasteiger charge is -2.27. The molecule has 0 unspecified atom stereocenters. The van der Waals surface area contributed by atoms with Crippen LogP contribution in [0.2, 0.25) is 0 Å². The Hall–Kier alpha value is -2.18. The van der Waals surface area contributed by atoms with E-state index in [-0.39, 0.29) is 17.2 Å². The molecule has 3 rings (SSSR count). The zero-order valence-electron chi connectivity index (χ0n) is 17.0. The van der Waals surface area contributed by atoms with E-state index < -0.39 is 0 Å². The first-order valence-electron chi connectivity index (χ1n) is 9.62. The van der Waals surface area contributed by atoms with Gasteiger partial charge < -0.3 is 15.0 Å². The van der Waals surface area contributed by atoms with Gasteiger partial charge in [0.2, 0.25) is 5.91 Å². The molecule has 2 amide bonds. The number of rotatable bonds is 4. The molecule has 1 aliphatic heterocycles. The second kappa shape index (κ2) is 8.45. The average molecular weight is 401 g/mol. The summed E-state index contributed by atoms with van der Waals surface area (Å²) in [7, 11) is 0. The quantitative estimate of drug-likeness (QED) is 0.818. The minimum atomic E-state index is -0.118. The molecule has 0 atom stereocenters. The Labute approximate surface area is 170 Å². The molecule has 2 heterocycles. The number of nitrogens with zero attached hydrogens (tertiary/aromatic N) is 1. The molecule has 2 aromatic rings. The lowest BCUT2D eigenvalue weighted by atomic mass is 9.92. The Morgan fingerprint density at radius 2 is 1.79 bits per heavy atom. The number of carbonyl (C=O) groups is 2. The van der Waals surface area contributed by atoms with E-state index in [0.29, 0.717) is 43.3 Å². The molecule has 28 heavy (non-hydrogen) atoms. The van der Waals surface area contributed by atoms with Gasteiger partial charge in [-0.2, -0.15) is 0 Å². The fourth-order valence-electron chi connectivity index (χ4n) is 3.30. The second-order valence-corrected chi connectivity index (χ2v) is 9.34. The third kappa shape index (κ3) is 4.80. The van der Waals surface area contributed by atoms with Crippen molar-refractivity contribution in [3.63, 3.8) is 0 Å². The van der Waals surface area contributed by atoms with E-state index in [0.717, 1.165) is 16.0 Å². The van der Waals surface area contributed by atoms with Crippen LogP contribution in [-0.2, 0) is 9.53 Å². The zero-order valence-corrected chi connectivity index (χ0v) is 17.8. The van der Waals surface area contributed by atoms with Crippen LogP contribution in [0.5, 0.6) is 0 Å². The van der Waals surface area contributed by atoms with E-state index in [2.05, 4.69) is 5.32 Å². The maximum absolute atomic E-state index is 13.3. The summed E-state index contributed by atoms with van der Waals surface area (Å²) in [6, 6.07) is 10.00. The van der Waals surface area contributed by atoms with Crippen LogP contribution >= 0.6 is 11.3 Å². The van der Waals surface area contributed by atoms with Crippen molar-refractivity contribution in [2.24, 2.45) is 5.41 Å². The SMILES string of the molecule is Cc1c(-c2ccccc2)sc(NC(=O)CC(C)(C)C)c1C(=O)N1CCOCC1. The molecule has 1 fully saturated rings. The molecular formula is C22H28N2O3S. The van der Waals surface area contributed by atoms with Crippen molar-refractivity contribution in [3.05, 3.63) is 41.5 Å². The van der Waals surface area contributed by atoms with E-state index in [1.807, 2.05) is 62.9 Å². The van der Waals surface area contributed by atoms with Gasteiger partial charge in [-0.05, 0) is 23.5 Å². The van der Waals surface area contributed by atoms with Crippen LogP contribution in [0.3, 0.4) is 0 Å². The number of nitrogens with one attached hydrogen (secondary N) is 1. The first-order valence-corrected chi connectivity index (χ1v) is 10.4. The van der Waals surface area contributed by atoms with Gasteiger partial charge in [-0.3, -0.25) is 9.59 Å². The molecular weight excluding hydrogens is 372 g/mol. The summed E-state index contributed by atoms with van der Waals surface area (Å²) in [5, 5.41) is 3.66. The molecule has 6 heteroatoms. The van der Waals surface area contributed by atoms with Crippen LogP contribution in [0, 0.1) is 12.3 Å². The molecule has 0 spiro atoms. The van der Waals surface area contributed by atoms with Crippen LogP contribution in [0.25, 0.3) is 10.4 Å². The third-order valence-electron chi connectivity index (χ3n) is 4.64. The fourth-order valence-corrected chi connectivity index (χ4v) is 4.52. The first kappa shape index (κ1) is 20.6. The minimum Gasteiger partial charge on any atom is -0.378 e. The van der Waals surface area contributed by atoms with Crippen LogP contribution in [0.1, 0.15) is 43.1 Å². The predicted octanol–water partition coefficient (Wildman–Crippen LogP) is 4.57. The second-order valence-electron chi connectivity index (χ2n) is 8.32. The van der Waals surface area contributed by atoms with Gasteiger partial charge >= 0.3 is 0 Å². The Bertz CT molecular complexity index is 847. The van der Waals surface area contributed by atoms with Crippen molar-refractivity contribution in [2.45, 2.75) is 34.1 Å². The maximum atomic E-state index is 13.3. The Balaban J connectivity index is 1.98. The van der Waals surface area contributed by atoms with Gasteiger partial charge in [0.1, 0.15) is 5.00 Å². The topological polar surface area (TPSA) is 58.6 Å². The number of benzene rings is 1. The lowest BCUT2D eigenvalue weighted by Crippen LogP contribution is -2.41. The van der Waals surface area contributed by atoms with E-state index in [9.17, 15) is 9.59 Å². The number of amides is 2. The van der Waals surface area contributed by atoms with Crippen molar-refractivity contribution < 1.29 is 14.3 Å². The third-order valence-corrected chi connectivity index (χ3v) is 5.90. The van der Waals surface area contributed by atoms with E-state index in [4.69, 9.17) is 4.74 Å². The monoisotopic (exact) mass is 400 g/mol. The molecule has 1 N–H and O–H groups in total. The molecule has 150 valence electrons. The number of ether oxygens (including phenoxy) is 1. The highest BCUT2D eigenvalue weighted by atomic mass is 32.1. The summed E-state index contributed by atoms with van der Waals surface area (Å²) in [6.45, 7) is 10.3. The smallest absolute Gasteiger partial charge is 0.257 e. The molecule has 0 radical (unpaired) electrons. The number of thiophene rings is 1. The van der Waals surface area contributed by atoms with Crippen molar-refractivity contribution in [3.8, 4) is 10.4 Å². The van der Waals surface area contributed by atoms with Gasteiger partial charge in [0.05, 0.1) is 18.8 Å². The van der Waals surface area contributed by atoms with E-state index >= 15 is 0 Å². The number of carbonyl (C=O) groups excluding carboxylic acids is 2. The number of morpholine rings is 1. The summed E-state index contributed by atoms with van der Waals surface area (Å²) >= 11 is 1.48. The van der Waals surface area contributed by atoms with Crippen molar-refractivity contribution in [1.82, 2.24) is 4.90 Å². The first-order chi connectivity index (χ1) is 13.3. The molecule has 0 bridgehead atoms. The zero-order chi connectivity index (χ0) is 20.3. The standard InChI is InChI=1S/C22H28N2O3S/c1-15-18(21(26)24-10-12-27-13-11-24)20(23-17(25)14-22(2,3)4)28-19(15)16-8-6-5-7-9-16/h5-9H,10-14H2,1-4H3,(H,23,25). The molecule has 1 aromatic carbocycles. The lowest BCUT2D eigenvalue weighted by molar-refractivity contribution is -0.117. The van der Waals surface area contributed by atoms with Gasteiger partial charge in [-0.15, -0.1) is 11.3 Å². The number of hydrogen-bond acceptors (Lipinski definition) is 4. The van der Waals surface area contributed by atoms with Gasteiger partial charge in [0, 0.05) is 24.4 Å². The fraction of sp³-hybridized carbons (Fsp3) is 0.455. The molecule has 0 aliphatic carbocycles. The van der Waals surface area contributed by atoms with E-state index in [1.165, 1.54) is 11.3 Å². The van der Waals surface area contributed by atoms with Gasteiger partial charge in [-0.25, -0.2) is 0 Å². The summed E-state index contributed by atoms with van der Waals surface area (Å²) < 4.78 is 5.38. The summed E-state index contributed by atoms with van der Waals surface area (Å²) in [6.07, 6.45) is 0.399. The molecule has 1 aromatic heterocycles. The van der Waals surface area contributed by atoms with Crippen LogP contribution in [0.15, 0.2) is 30.3 Å². The molecule has 5 nitrogen and oxygen atoms in total. The predicted molar refractivity (Wildman–Crippen MR) is 114 cm³/mol. The largest absolute Gasteiger partial charge is 0.378 e. The van der Waals surface area contributed by atoms with Crippen LogP contribution in [-0.4, -0.2) is 43.0 Å². The summed E-state index contributed by atoms with van der Waals surface area (Å²) in [5.74, 6) is -0.102. The maximum Gasteiger partial charge on any atom is 0.257 e. The highest BCUT2D eigenvalue weighted by Gasteiger charge is 2.28. The summed E-state index contributed by atoms with van der Waals surface area (Å²) in [5.41, 5.74) is 2.46. The van der Waals surface area contributed by atoms with Gasteiger partial charge in [0.25, 0.3) is 5.91 Å². The summed E-state index contributed by atoms with van der Waals surface area (Å²) in [4.78, 5) is 28.7. The average Bonchev–Trinajstić information content (AvgIpc) is 2.97. The molecule has 1 aliphatic rings. The van der Waals surface area contributed by atoms with E-state index in [1.54, 1.807) is 0 Å². The Kier molecular flexibility index (Phi) is 6.20.